The van der Waals surface area contributed by atoms with Gasteiger partial charge in [0.25, 0.3) is 0 Å². The average Bonchev–Trinajstić information content (AvgIpc) is 3.15. The number of fused-ring (bicyclic) bond motifs is 1. The van der Waals surface area contributed by atoms with Crippen molar-refractivity contribution in [1.82, 2.24) is 10.2 Å². The number of hydrogen-bond donors (Lipinski definition) is 2. The van der Waals surface area contributed by atoms with E-state index >= 15 is 0 Å². The molecule has 5 rings (SSSR count). The van der Waals surface area contributed by atoms with Crippen LogP contribution in [0.25, 0.3) is 0 Å². The third-order valence-electron chi connectivity index (χ3n) is 6.25. The first-order valence-corrected chi connectivity index (χ1v) is 11.0. The van der Waals surface area contributed by atoms with Gasteiger partial charge in [-0.3, -0.25) is 4.90 Å². The lowest BCUT2D eigenvalue weighted by molar-refractivity contribution is 0.0437. The van der Waals surface area contributed by atoms with Crippen LogP contribution < -0.4 is 10.6 Å². The molecule has 0 aliphatic carbocycles. The van der Waals surface area contributed by atoms with E-state index < -0.39 is 6.23 Å². The average molecular weight is 432 g/mol. The van der Waals surface area contributed by atoms with Gasteiger partial charge >= 0.3 is 5.97 Å². The molecule has 2 aliphatic heterocycles. The third kappa shape index (κ3) is 4.24. The van der Waals surface area contributed by atoms with Crippen molar-refractivity contribution in [2.24, 2.45) is 0 Å². The maximum absolute atomic E-state index is 13.6. The lowest BCUT2D eigenvalue weighted by atomic mass is 9.95. The van der Waals surface area contributed by atoms with Gasteiger partial charge in [-0.15, -0.1) is 0 Å². The summed E-state index contributed by atoms with van der Waals surface area (Å²) in [4.78, 5) is 14.7. The minimum absolute atomic E-state index is 0.124. The number of carbonyl (C=O) groups excluding carboxylic acids is 1. The molecular weight excluding hydrogens is 405 g/mol. The fourth-order valence-electron chi connectivity index (χ4n) is 4.58. The summed E-state index contributed by atoms with van der Waals surface area (Å²) in [5.74, 6) is -0.530. The van der Waals surface area contributed by atoms with Crippen LogP contribution in [0.3, 0.4) is 0 Å². The summed E-state index contributed by atoms with van der Waals surface area (Å²) in [5.41, 5.74) is 4.61. The Hall–Kier alpha value is -3.22. The number of nitrogens with zero attached hydrogens (tertiary/aromatic N) is 1. The first-order valence-electron chi connectivity index (χ1n) is 11.0. The van der Waals surface area contributed by atoms with Gasteiger partial charge in [0.2, 0.25) is 6.23 Å². The van der Waals surface area contributed by atoms with Crippen molar-refractivity contribution >= 4 is 11.7 Å². The van der Waals surface area contributed by atoms with Crippen LogP contribution in [0.1, 0.15) is 39.3 Å². The molecule has 3 aromatic carbocycles. The third-order valence-corrected chi connectivity index (χ3v) is 6.25. The van der Waals surface area contributed by atoms with Gasteiger partial charge in [-0.25, -0.2) is 9.18 Å². The van der Waals surface area contributed by atoms with Crippen molar-refractivity contribution in [2.75, 3.05) is 31.5 Å². The predicted molar refractivity (Wildman–Crippen MR) is 122 cm³/mol. The Kier molecular flexibility index (Phi) is 5.88. The van der Waals surface area contributed by atoms with Crippen LogP contribution >= 0.6 is 0 Å². The molecule has 5 nitrogen and oxygen atoms in total. The second-order valence-corrected chi connectivity index (χ2v) is 8.23. The van der Waals surface area contributed by atoms with Gasteiger partial charge in [-0.05, 0) is 41.8 Å². The smallest absolute Gasteiger partial charge is 0.340 e. The largest absolute Gasteiger partial charge is 0.434 e. The lowest BCUT2D eigenvalue weighted by Gasteiger charge is -2.36. The quantitative estimate of drug-likeness (QED) is 0.570. The molecule has 2 heterocycles. The van der Waals surface area contributed by atoms with Crippen LogP contribution in [-0.2, 0) is 11.2 Å². The molecule has 32 heavy (non-hydrogen) atoms. The van der Waals surface area contributed by atoms with Crippen molar-refractivity contribution < 1.29 is 13.9 Å². The van der Waals surface area contributed by atoms with E-state index in [1.165, 1.54) is 12.1 Å². The van der Waals surface area contributed by atoms with Crippen LogP contribution in [-0.4, -0.2) is 37.0 Å². The van der Waals surface area contributed by atoms with E-state index in [4.69, 9.17) is 4.74 Å². The van der Waals surface area contributed by atoms with Gasteiger partial charge in [0, 0.05) is 43.5 Å². The molecule has 2 unspecified atom stereocenters. The Balaban J connectivity index is 1.43. The monoisotopic (exact) mass is 431 g/mol. The zero-order valence-corrected chi connectivity index (χ0v) is 17.8. The van der Waals surface area contributed by atoms with Crippen molar-refractivity contribution in [3.63, 3.8) is 0 Å². The number of rotatable bonds is 6. The van der Waals surface area contributed by atoms with E-state index in [9.17, 15) is 9.18 Å². The van der Waals surface area contributed by atoms with Crippen LogP contribution in [0, 0.1) is 5.82 Å². The summed E-state index contributed by atoms with van der Waals surface area (Å²) in [6.45, 7) is 3.75. The molecule has 0 bridgehead atoms. The van der Waals surface area contributed by atoms with E-state index in [1.807, 2.05) is 48.5 Å². The molecule has 2 atom stereocenters. The number of halogens is 1. The number of para-hydroxylation sites is 1. The van der Waals surface area contributed by atoms with Crippen LogP contribution in [0.4, 0.5) is 10.1 Å². The molecule has 0 radical (unpaired) electrons. The van der Waals surface area contributed by atoms with E-state index in [1.54, 1.807) is 6.07 Å². The number of cyclic esters (lactones) is 1. The molecule has 0 saturated carbocycles. The molecule has 0 spiro atoms. The highest BCUT2D eigenvalue weighted by molar-refractivity contribution is 5.94. The van der Waals surface area contributed by atoms with E-state index in [0.29, 0.717) is 5.56 Å². The molecule has 6 heteroatoms. The fourth-order valence-corrected chi connectivity index (χ4v) is 4.58. The topological polar surface area (TPSA) is 53.6 Å². The Bertz CT molecular complexity index is 1100. The highest BCUT2D eigenvalue weighted by Crippen LogP contribution is 2.34. The van der Waals surface area contributed by atoms with Crippen molar-refractivity contribution in [3.05, 3.63) is 101 Å². The molecule has 0 amide bonds. The second kappa shape index (κ2) is 9.10. The zero-order valence-electron chi connectivity index (χ0n) is 17.8. The summed E-state index contributed by atoms with van der Waals surface area (Å²) in [6, 6.07) is 22.5. The first kappa shape index (κ1) is 20.7. The number of piperazine rings is 1. The molecule has 0 aromatic heterocycles. The maximum atomic E-state index is 13.6. The Morgan fingerprint density at radius 1 is 1.00 bits per heavy atom. The Morgan fingerprint density at radius 2 is 1.72 bits per heavy atom. The summed E-state index contributed by atoms with van der Waals surface area (Å²) in [5, 5.41) is 6.84. The zero-order chi connectivity index (χ0) is 21.9. The van der Waals surface area contributed by atoms with Gasteiger partial charge in [0.15, 0.2) is 0 Å². The number of hydrogen-bond acceptors (Lipinski definition) is 5. The van der Waals surface area contributed by atoms with Gasteiger partial charge in [0.05, 0.1) is 5.56 Å². The lowest BCUT2D eigenvalue weighted by Crippen LogP contribution is -2.45. The second-order valence-electron chi connectivity index (χ2n) is 8.23. The van der Waals surface area contributed by atoms with Crippen LogP contribution in [0.2, 0.25) is 0 Å². The van der Waals surface area contributed by atoms with Gasteiger partial charge in [0.1, 0.15) is 5.82 Å². The predicted octanol–water partition coefficient (Wildman–Crippen LogP) is 4.30. The first-order chi connectivity index (χ1) is 15.7. The summed E-state index contributed by atoms with van der Waals surface area (Å²) in [7, 11) is 0. The number of nitrogens with one attached hydrogen (secondary N) is 2. The highest BCUT2D eigenvalue weighted by atomic mass is 19.1. The van der Waals surface area contributed by atoms with Crippen LogP contribution in [0.15, 0.2) is 72.8 Å². The number of ether oxygens (including phenoxy) is 1. The van der Waals surface area contributed by atoms with Crippen molar-refractivity contribution in [3.8, 4) is 0 Å². The minimum Gasteiger partial charge on any atom is -0.434 e. The van der Waals surface area contributed by atoms with Crippen molar-refractivity contribution in [2.45, 2.75) is 18.7 Å². The fraction of sp³-hybridized carbons (Fsp3) is 0.269. The van der Waals surface area contributed by atoms with E-state index in [2.05, 4.69) is 21.6 Å². The molecule has 2 aliphatic rings. The van der Waals surface area contributed by atoms with Gasteiger partial charge in [-0.2, -0.15) is 0 Å². The minimum atomic E-state index is -0.511. The van der Waals surface area contributed by atoms with Crippen molar-refractivity contribution in [1.29, 1.82) is 0 Å². The molecular formula is C26H26FN3O2. The molecule has 3 aromatic rings. The maximum Gasteiger partial charge on any atom is 0.340 e. The van der Waals surface area contributed by atoms with E-state index in [0.717, 1.165) is 55.0 Å². The molecule has 164 valence electrons. The SMILES string of the molecule is O=C1OC(Nc2ccccc2CC(c2ccc(F)cc2)N2CCNCC2)c2ccccc21. The molecule has 1 saturated heterocycles. The van der Waals surface area contributed by atoms with Gasteiger partial charge in [-0.1, -0.05) is 48.5 Å². The summed E-state index contributed by atoms with van der Waals surface area (Å²) >= 11 is 0. The van der Waals surface area contributed by atoms with Gasteiger partial charge < -0.3 is 15.4 Å². The van der Waals surface area contributed by atoms with Crippen LogP contribution in [0.5, 0.6) is 0 Å². The molecule has 2 N–H and O–H groups in total. The standard InChI is InChI=1S/C26H26FN3O2/c27-20-11-9-18(10-12-20)24(30-15-13-28-14-16-30)17-19-5-1-4-8-23(19)29-25-21-6-2-3-7-22(21)26(31)32-25/h1-12,24-25,28-29H,13-17H2. The number of benzene rings is 3. The Morgan fingerprint density at radius 3 is 2.53 bits per heavy atom. The number of esters is 1. The van der Waals surface area contributed by atoms with E-state index in [-0.39, 0.29) is 17.8 Å². The number of carbonyl (C=O) groups is 1. The Labute approximate surface area is 187 Å². The highest BCUT2D eigenvalue weighted by Gasteiger charge is 2.31. The normalized spacial score (nSPS) is 19.3. The number of anilines is 1. The molecule has 1 fully saturated rings. The summed E-state index contributed by atoms with van der Waals surface area (Å²) < 4.78 is 19.2. The summed E-state index contributed by atoms with van der Waals surface area (Å²) in [6.07, 6.45) is 0.250.